The molecule has 0 bridgehead atoms. The quantitative estimate of drug-likeness (QED) is 0.367. The molecule has 0 rings (SSSR count). The van der Waals surface area contributed by atoms with Crippen molar-refractivity contribution >= 4 is 0 Å². The van der Waals surface area contributed by atoms with Crippen molar-refractivity contribution in [3.05, 3.63) is 24.5 Å². The van der Waals surface area contributed by atoms with Crippen molar-refractivity contribution in [1.29, 1.82) is 0 Å². The zero-order valence-electron chi connectivity index (χ0n) is 9.68. The van der Waals surface area contributed by atoms with Gasteiger partial charge in [0.25, 0.3) is 0 Å². The second-order valence-corrected chi connectivity index (χ2v) is 3.19. The van der Waals surface area contributed by atoms with Crippen molar-refractivity contribution in [2.45, 2.75) is 39.7 Å². The Hall–Kier alpha value is -0.760. The predicted octanol–water partition coefficient (Wildman–Crippen LogP) is 2.87. The standard InChI is InChI=1S/C12H23NO/c1-5-11(6-2)14-12(7-3)9-10-13-8-4/h5-6,12-13H,1,7-10H2,2-4H3/b11-6+. The van der Waals surface area contributed by atoms with Gasteiger partial charge in [-0.3, -0.25) is 0 Å². The number of ether oxygens (including phenoxy) is 1. The smallest absolute Gasteiger partial charge is 0.114 e. The Morgan fingerprint density at radius 2 is 2.21 bits per heavy atom. The van der Waals surface area contributed by atoms with Gasteiger partial charge in [-0.1, -0.05) is 20.4 Å². The molecule has 0 saturated carbocycles. The molecule has 0 aliphatic heterocycles. The third kappa shape index (κ3) is 5.81. The molecule has 1 N–H and O–H groups in total. The average Bonchev–Trinajstić information content (AvgIpc) is 2.23. The van der Waals surface area contributed by atoms with Crippen LogP contribution in [0.25, 0.3) is 0 Å². The van der Waals surface area contributed by atoms with Crippen molar-refractivity contribution in [2.75, 3.05) is 13.1 Å². The van der Waals surface area contributed by atoms with Crippen LogP contribution in [0.2, 0.25) is 0 Å². The molecule has 2 heteroatoms. The van der Waals surface area contributed by atoms with E-state index in [4.69, 9.17) is 4.74 Å². The SMILES string of the molecule is C=C/C(=C\C)OC(CC)CCNCC. The maximum atomic E-state index is 5.75. The van der Waals surface area contributed by atoms with E-state index in [1.165, 1.54) is 0 Å². The Bertz CT molecular complexity index is 175. The first kappa shape index (κ1) is 13.2. The molecule has 2 nitrogen and oxygen atoms in total. The minimum atomic E-state index is 0.304. The first-order valence-electron chi connectivity index (χ1n) is 5.44. The van der Waals surface area contributed by atoms with Crippen LogP contribution in [0.15, 0.2) is 24.5 Å². The van der Waals surface area contributed by atoms with Crippen LogP contribution in [0.1, 0.15) is 33.6 Å². The number of allylic oxidation sites excluding steroid dienone is 2. The van der Waals surface area contributed by atoms with E-state index in [0.29, 0.717) is 6.10 Å². The van der Waals surface area contributed by atoms with Crippen LogP contribution in [0.5, 0.6) is 0 Å². The minimum Gasteiger partial charge on any atom is -0.491 e. The minimum absolute atomic E-state index is 0.304. The van der Waals surface area contributed by atoms with E-state index >= 15 is 0 Å². The zero-order valence-corrected chi connectivity index (χ0v) is 9.68. The largest absolute Gasteiger partial charge is 0.491 e. The lowest BCUT2D eigenvalue weighted by atomic mass is 10.2. The highest BCUT2D eigenvalue weighted by atomic mass is 16.5. The fraction of sp³-hybridized carbons (Fsp3) is 0.667. The van der Waals surface area contributed by atoms with Gasteiger partial charge < -0.3 is 10.1 Å². The van der Waals surface area contributed by atoms with Crippen LogP contribution in [0.4, 0.5) is 0 Å². The number of hydrogen-bond donors (Lipinski definition) is 1. The van der Waals surface area contributed by atoms with Gasteiger partial charge in [0.05, 0.1) is 6.10 Å². The summed E-state index contributed by atoms with van der Waals surface area (Å²) in [6, 6.07) is 0. The summed E-state index contributed by atoms with van der Waals surface area (Å²) in [5.74, 6) is 0.883. The van der Waals surface area contributed by atoms with Crippen molar-refractivity contribution < 1.29 is 4.74 Å². The number of rotatable bonds is 8. The highest BCUT2D eigenvalue weighted by Crippen LogP contribution is 2.09. The van der Waals surface area contributed by atoms with Gasteiger partial charge in [-0.05, 0) is 45.0 Å². The summed E-state index contributed by atoms with van der Waals surface area (Å²) < 4.78 is 5.75. The molecule has 0 aliphatic carbocycles. The maximum Gasteiger partial charge on any atom is 0.114 e. The van der Waals surface area contributed by atoms with E-state index in [2.05, 4.69) is 25.7 Å². The summed E-state index contributed by atoms with van der Waals surface area (Å²) >= 11 is 0. The third-order valence-electron chi connectivity index (χ3n) is 2.14. The van der Waals surface area contributed by atoms with Crippen molar-refractivity contribution in [2.24, 2.45) is 0 Å². The van der Waals surface area contributed by atoms with Crippen LogP contribution in [-0.4, -0.2) is 19.2 Å². The molecule has 0 saturated heterocycles. The summed E-state index contributed by atoms with van der Waals surface area (Å²) in [5, 5.41) is 3.30. The molecule has 14 heavy (non-hydrogen) atoms. The fourth-order valence-electron chi connectivity index (χ4n) is 1.21. The van der Waals surface area contributed by atoms with E-state index in [9.17, 15) is 0 Å². The molecule has 82 valence electrons. The molecule has 0 fully saturated rings. The van der Waals surface area contributed by atoms with Crippen LogP contribution in [-0.2, 0) is 4.74 Å². The molecule has 1 unspecified atom stereocenters. The molecular formula is C12H23NO. The van der Waals surface area contributed by atoms with Crippen molar-refractivity contribution in [3.63, 3.8) is 0 Å². The van der Waals surface area contributed by atoms with Gasteiger partial charge in [0.2, 0.25) is 0 Å². The Morgan fingerprint density at radius 1 is 1.50 bits per heavy atom. The van der Waals surface area contributed by atoms with E-state index in [1.807, 2.05) is 13.0 Å². The van der Waals surface area contributed by atoms with Gasteiger partial charge in [0, 0.05) is 0 Å². The lowest BCUT2D eigenvalue weighted by molar-refractivity contribution is 0.113. The first-order valence-corrected chi connectivity index (χ1v) is 5.44. The molecular weight excluding hydrogens is 174 g/mol. The van der Waals surface area contributed by atoms with Crippen LogP contribution in [0, 0.1) is 0 Å². The Balaban J connectivity index is 3.83. The molecule has 0 radical (unpaired) electrons. The highest BCUT2D eigenvalue weighted by Gasteiger charge is 2.06. The fourth-order valence-corrected chi connectivity index (χ4v) is 1.21. The van der Waals surface area contributed by atoms with Crippen molar-refractivity contribution in [1.82, 2.24) is 5.32 Å². The molecule has 0 aromatic heterocycles. The summed E-state index contributed by atoms with van der Waals surface area (Å²) in [4.78, 5) is 0. The van der Waals surface area contributed by atoms with E-state index in [0.717, 1.165) is 31.7 Å². The molecule has 0 amide bonds. The van der Waals surface area contributed by atoms with E-state index in [-0.39, 0.29) is 0 Å². The lowest BCUT2D eigenvalue weighted by Crippen LogP contribution is -2.21. The first-order chi connectivity index (χ1) is 6.78. The summed E-state index contributed by atoms with van der Waals surface area (Å²) in [6.45, 7) is 12.0. The maximum absolute atomic E-state index is 5.75. The number of hydrogen-bond acceptors (Lipinski definition) is 2. The van der Waals surface area contributed by atoms with Gasteiger partial charge in [0.15, 0.2) is 0 Å². The topological polar surface area (TPSA) is 21.3 Å². The molecule has 1 atom stereocenters. The van der Waals surface area contributed by atoms with Gasteiger partial charge in [-0.15, -0.1) is 0 Å². The number of nitrogens with one attached hydrogen (secondary N) is 1. The Kier molecular flexibility index (Phi) is 8.34. The van der Waals surface area contributed by atoms with Crippen LogP contribution in [0.3, 0.4) is 0 Å². The third-order valence-corrected chi connectivity index (χ3v) is 2.14. The van der Waals surface area contributed by atoms with Crippen LogP contribution < -0.4 is 5.32 Å². The van der Waals surface area contributed by atoms with Crippen molar-refractivity contribution in [3.8, 4) is 0 Å². The van der Waals surface area contributed by atoms with Gasteiger partial charge in [-0.25, -0.2) is 0 Å². The average molecular weight is 197 g/mol. The second-order valence-electron chi connectivity index (χ2n) is 3.19. The lowest BCUT2D eigenvalue weighted by Gasteiger charge is -2.18. The molecule has 0 heterocycles. The molecule has 0 spiro atoms. The van der Waals surface area contributed by atoms with E-state index < -0.39 is 0 Å². The second kappa shape index (κ2) is 8.82. The van der Waals surface area contributed by atoms with E-state index in [1.54, 1.807) is 6.08 Å². The summed E-state index contributed by atoms with van der Waals surface area (Å²) in [5.41, 5.74) is 0. The van der Waals surface area contributed by atoms with Gasteiger partial charge in [-0.2, -0.15) is 0 Å². The Labute approximate surface area is 88.0 Å². The van der Waals surface area contributed by atoms with Gasteiger partial charge >= 0.3 is 0 Å². The zero-order chi connectivity index (χ0) is 10.8. The predicted molar refractivity (Wildman–Crippen MR) is 62.3 cm³/mol. The normalized spacial score (nSPS) is 13.8. The monoisotopic (exact) mass is 197 g/mol. The Morgan fingerprint density at radius 3 is 2.64 bits per heavy atom. The molecule has 0 aliphatic rings. The summed E-state index contributed by atoms with van der Waals surface area (Å²) in [7, 11) is 0. The highest BCUT2D eigenvalue weighted by molar-refractivity contribution is 5.07. The summed E-state index contributed by atoms with van der Waals surface area (Å²) in [6.07, 6.45) is 6.10. The van der Waals surface area contributed by atoms with Crippen LogP contribution >= 0.6 is 0 Å². The van der Waals surface area contributed by atoms with Gasteiger partial charge in [0.1, 0.15) is 5.76 Å². The molecule has 0 aromatic carbocycles. The molecule has 0 aromatic rings.